The second-order valence-corrected chi connectivity index (χ2v) is 8.72. The molecule has 2 rings (SSSR count). The van der Waals surface area contributed by atoms with Crippen molar-refractivity contribution < 1.29 is 23.7 Å². The lowest BCUT2D eigenvalue weighted by molar-refractivity contribution is -0.142. The third kappa shape index (κ3) is 9.88. The van der Waals surface area contributed by atoms with Crippen LogP contribution < -0.4 is 11.3 Å². The summed E-state index contributed by atoms with van der Waals surface area (Å²) in [5.74, 6) is 0.645. The van der Waals surface area contributed by atoms with Crippen LogP contribution >= 0.6 is 11.8 Å². The number of nitrogens with zero attached hydrogens (tertiary/aromatic N) is 3. The maximum absolute atomic E-state index is 12.3. The summed E-state index contributed by atoms with van der Waals surface area (Å²) in [7, 11) is 0. The van der Waals surface area contributed by atoms with Gasteiger partial charge in [0.15, 0.2) is 28.9 Å². The summed E-state index contributed by atoms with van der Waals surface area (Å²) < 4.78 is 29.9. The molecular weight excluding hydrogens is 462 g/mol. The SMILES string of the molecule is CCCCOC(C)OCCOCn1c(SCCOC(C)OCCCC)nc2c(=O)[nH]c(N)nc21. The smallest absolute Gasteiger partial charge is 0.280 e. The molecule has 0 spiro atoms. The van der Waals surface area contributed by atoms with Crippen LogP contribution in [0.1, 0.15) is 53.4 Å². The molecule has 0 radical (unpaired) electrons. The average Bonchev–Trinajstić information content (AvgIpc) is 3.14. The fourth-order valence-electron chi connectivity index (χ4n) is 2.89. The van der Waals surface area contributed by atoms with E-state index in [2.05, 4.69) is 28.8 Å². The monoisotopic (exact) mass is 501 g/mol. The van der Waals surface area contributed by atoms with Crippen LogP contribution in [0, 0.1) is 0 Å². The molecule has 0 saturated heterocycles. The molecule has 2 unspecified atom stereocenters. The number of aromatic nitrogens is 4. The number of nitrogens with two attached hydrogens (primary N) is 1. The Morgan fingerprint density at radius 3 is 2.21 bits per heavy atom. The molecule has 0 aliphatic carbocycles. The molecule has 0 amide bonds. The molecule has 2 atom stereocenters. The second kappa shape index (κ2) is 16.1. The molecule has 2 heterocycles. The Bertz CT molecular complexity index is 893. The molecule has 0 saturated carbocycles. The number of ether oxygens (including phenoxy) is 5. The van der Waals surface area contributed by atoms with Gasteiger partial charge in [-0.15, -0.1) is 0 Å². The van der Waals surface area contributed by atoms with E-state index >= 15 is 0 Å². The van der Waals surface area contributed by atoms with Crippen LogP contribution in [0.4, 0.5) is 5.95 Å². The van der Waals surface area contributed by atoms with E-state index in [1.807, 2.05) is 13.8 Å². The number of aromatic amines is 1. The van der Waals surface area contributed by atoms with Gasteiger partial charge < -0.3 is 29.4 Å². The van der Waals surface area contributed by atoms with E-state index in [4.69, 9.17) is 29.4 Å². The number of rotatable bonds is 19. The minimum Gasteiger partial charge on any atom is -0.369 e. The molecule has 0 aliphatic heterocycles. The van der Waals surface area contributed by atoms with Crippen molar-refractivity contribution in [2.75, 3.05) is 44.5 Å². The fraction of sp³-hybridized carbons (Fsp3) is 0.773. The van der Waals surface area contributed by atoms with E-state index in [0.29, 0.717) is 49.6 Å². The second-order valence-electron chi connectivity index (χ2n) is 7.66. The zero-order chi connectivity index (χ0) is 24.8. The first-order chi connectivity index (χ1) is 16.5. The minimum absolute atomic E-state index is 0.0259. The van der Waals surface area contributed by atoms with E-state index in [1.54, 1.807) is 4.57 Å². The fourth-order valence-corrected chi connectivity index (χ4v) is 3.71. The lowest BCUT2D eigenvalue weighted by Crippen LogP contribution is -2.18. The normalized spacial score (nSPS) is 13.5. The van der Waals surface area contributed by atoms with Crippen molar-refractivity contribution in [2.24, 2.45) is 0 Å². The van der Waals surface area contributed by atoms with Gasteiger partial charge in [-0.2, -0.15) is 4.98 Å². The zero-order valence-corrected chi connectivity index (χ0v) is 21.5. The lowest BCUT2D eigenvalue weighted by Gasteiger charge is -2.15. The standard InChI is InChI=1S/C22H39N5O6S/c1-5-7-9-30-16(3)32-12-11-29-15-27-19-18(20(28)26-21(23)25-19)24-22(27)34-14-13-33-17(4)31-10-8-6-2/h16-17H,5-15H2,1-4H3,(H3,23,25,26,28). The summed E-state index contributed by atoms with van der Waals surface area (Å²) >= 11 is 1.44. The van der Waals surface area contributed by atoms with E-state index in [-0.39, 0.29) is 30.8 Å². The van der Waals surface area contributed by atoms with Crippen molar-refractivity contribution in [2.45, 2.75) is 77.8 Å². The molecule has 34 heavy (non-hydrogen) atoms. The summed E-state index contributed by atoms with van der Waals surface area (Å²) in [5, 5.41) is 0.596. The quantitative estimate of drug-likeness (QED) is 0.168. The Labute approximate surface area is 205 Å². The van der Waals surface area contributed by atoms with Crippen molar-refractivity contribution in [3.05, 3.63) is 10.4 Å². The summed E-state index contributed by atoms with van der Waals surface area (Å²) in [6.45, 7) is 10.7. The minimum atomic E-state index is -0.390. The van der Waals surface area contributed by atoms with Crippen molar-refractivity contribution in [3.8, 4) is 0 Å². The van der Waals surface area contributed by atoms with E-state index in [1.165, 1.54) is 11.8 Å². The van der Waals surface area contributed by atoms with Gasteiger partial charge in [-0.3, -0.25) is 14.3 Å². The Morgan fingerprint density at radius 2 is 1.56 bits per heavy atom. The molecule has 2 aromatic rings. The van der Waals surface area contributed by atoms with Gasteiger partial charge >= 0.3 is 0 Å². The van der Waals surface area contributed by atoms with Crippen molar-refractivity contribution in [1.82, 2.24) is 19.5 Å². The molecule has 12 heteroatoms. The highest BCUT2D eigenvalue weighted by Crippen LogP contribution is 2.22. The Kier molecular flexibility index (Phi) is 13.5. The van der Waals surface area contributed by atoms with Crippen molar-refractivity contribution in [1.29, 1.82) is 0 Å². The third-order valence-corrected chi connectivity index (χ3v) is 5.70. The number of anilines is 1. The Balaban J connectivity index is 1.89. The number of H-pyrrole nitrogens is 1. The van der Waals surface area contributed by atoms with E-state index in [0.717, 1.165) is 25.7 Å². The van der Waals surface area contributed by atoms with Crippen molar-refractivity contribution in [3.63, 3.8) is 0 Å². The van der Waals surface area contributed by atoms with Gasteiger partial charge in [0.05, 0.1) is 19.8 Å². The molecule has 11 nitrogen and oxygen atoms in total. The van der Waals surface area contributed by atoms with Crippen LogP contribution in [0.25, 0.3) is 11.2 Å². The van der Waals surface area contributed by atoms with Crippen LogP contribution in [0.15, 0.2) is 9.95 Å². The van der Waals surface area contributed by atoms with Crippen LogP contribution in [-0.4, -0.2) is 70.9 Å². The molecular formula is C22H39N5O6S. The summed E-state index contributed by atoms with van der Waals surface area (Å²) in [5.41, 5.74) is 5.94. The maximum Gasteiger partial charge on any atom is 0.280 e. The number of thioether (sulfide) groups is 1. The highest BCUT2D eigenvalue weighted by molar-refractivity contribution is 7.99. The molecule has 2 aromatic heterocycles. The maximum atomic E-state index is 12.3. The van der Waals surface area contributed by atoms with Gasteiger partial charge in [0, 0.05) is 19.0 Å². The lowest BCUT2D eigenvalue weighted by atomic mass is 10.4. The van der Waals surface area contributed by atoms with Crippen LogP contribution in [-0.2, 0) is 30.4 Å². The number of imidazole rings is 1. The van der Waals surface area contributed by atoms with Gasteiger partial charge in [-0.1, -0.05) is 38.5 Å². The third-order valence-electron chi connectivity index (χ3n) is 4.76. The number of hydrogen-bond acceptors (Lipinski definition) is 10. The van der Waals surface area contributed by atoms with Gasteiger partial charge in [-0.25, -0.2) is 4.98 Å². The zero-order valence-electron chi connectivity index (χ0n) is 20.7. The summed E-state index contributed by atoms with van der Waals surface area (Å²) in [6.07, 6.45) is 3.61. The number of fused-ring (bicyclic) bond motifs is 1. The molecule has 194 valence electrons. The van der Waals surface area contributed by atoms with E-state index < -0.39 is 5.56 Å². The van der Waals surface area contributed by atoms with E-state index in [9.17, 15) is 4.79 Å². The molecule has 0 aliphatic rings. The topological polar surface area (TPSA) is 136 Å². The van der Waals surface area contributed by atoms with Crippen molar-refractivity contribution >= 4 is 28.9 Å². The average molecular weight is 502 g/mol. The largest absolute Gasteiger partial charge is 0.369 e. The Hall–Kier alpha value is -1.70. The number of unbranched alkanes of at least 4 members (excludes halogenated alkanes) is 2. The predicted molar refractivity (Wildman–Crippen MR) is 132 cm³/mol. The first-order valence-corrected chi connectivity index (χ1v) is 12.9. The number of nitrogen functional groups attached to an aromatic ring is 1. The summed E-state index contributed by atoms with van der Waals surface area (Å²) in [6, 6.07) is 0. The molecule has 0 bridgehead atoms. The van der Waals surface area contributed by atoms with Gasteiger partial charge in [0.25, 0.3) is 5.56 Å². The highest BCUT2D eigenvalue weighted by atomic mass is 32.2. The first-order valence-electron chi connectivity index (χ1n) is 11.9. The number of nitrogens with one attached hydrogen (secondary N) is 1. The van der Waals surface area contributed by atoms with Gasteiger partial charge in [0.1, 0.15) is 6.73 Å². The van der Waals surface area contributed by atoms with Crippen LogP contribution in [0.5, 0.6) is 0 Å². The Morgan fingerprint density at radius 1 is 0.941 bits per heavy atom. The first kappa shape index (κ1) is 28.5. The van der Waals surface area contributed by atoms with Gasteiger partial charge in [-0.05, 0) is 26.7 Å². The molecule has 3 N–H and O–H groups in total. The summed E-state index contributed by atoms with van der Waals surface area (Å²) in [4.78, 5) is 23.5. The molecule has 0 aromatic carbocycles. The highest BCUT2D eigenvalue weighted by Gasteiger charge is 2.16. The number of hydrogen-bond donors (Lipinski definition) is 2. The van der Waals surface area contributed by atoms with Gasteiger partial charge in [0.2, 0.25) is 5.95 Å². The molecule has 0 fully saturated rings. The predicted octanol–water partition coefficient (Wildman–Crippen LogP) is 3.13. The van der Waals surface area contributed by atoms with Crippen LogP contribution in [0.3, 0.4) is 0 Å². The van der Waals surface area contributed by atoms with Crippen LogP contribution in [0.2, 0.25) is 0 Å².